The Morgan fingerprint density at radius 2 is 0.534 bits per heavy atom. The number of hydrogen-bond acceptors (Lipinski definition) is 6. The Morgan fingerprint density at radius 1 is 0.288 bits per heavy atom. The zero-order valence-corrected chi connectivity index (χ0v) is 47.6. The fourth-order valence-corrected chi connectivity index (χ4v) is 8.28. The molecule has 0 radical (unpaired) electrons. The van der Waals surface area contributed by atoms with Crippen molar-refractivity contribution < 1.29 is 28.6 Å². The Morgan fingerprint density at radius 3 is 0.836 bits per heavy atom. The summed E-state index contributed by atoms with van der Waals surface area (Å²) >= 11 is 0. The molecule has 6 nitrogen and oxygen atoms in total. The summed E-state index contributed by atoms with van der Waals surface area (Å²) in [5.74, 6) is -0.914. The van der Waals surface area contributed by atoms with Gasteiger partial charge in [-0.3, -0.25) is 14.4 Å². The molecule has 0 N–H and O–H groups in total. The van der Waals surface area contributed by atoms with Crippen LogP contribution >= 0.6 is 0 Å². The zero-order valence-electron chi connectivity index (χ0n) is 47.6. The van der Waals surface area contributed by atoms with Crippen molar-refractivity contribution in [3.8, 4) is 0 Å². The minimum atomic E-state index is -0.788. The summed E-state index contributed by atoms with van der Waals surface area (Å²) in [6.07, 6.45) is 82.6. The highest BCUT2D eigenvalue weighted by Crippen LogP contribution is 2.16. The second-order valence-corrected chi connectivity index (χ2v) is 19.9. The molecule has 0 aliphatic carbocycles. The summed E-state index contributed by atoms with van der Waals surface area (Å²) in [7, 11) is 0. The molecule has 0 amide bonds. The molecule has 1 atom stereocenters. The van der Waals surface area contributed by atoms with Crippen LogP contribution in [0.5, 0.6) is 0 Å². The van der Waals surface area contributed by atoms with Gasteiger partial charge in [-0.2, -0.15) is 0 Å². The van der Waals surface area contributed by atoms with Crippen molar-refractivity contribution in [2.75, 3.05) is 13.2 Å². The normalized spacial score (nSPS) is 12.9. The lowest BCUT2D eigenvalue weighted by molar-refractivity contribution is -0.167. The van der Waals surface area contributed by atoms with Crippen LogP contribution in [0, 0.1) is 0 Å². The standard InChI is InChI=1S/C67H112O6/c1-4-7-10-13-16-18-20-22-24-26-27-28-29-30-31-32-33-34-35-36-37-38-39-41-42-44-46-48-51-54-57-60-66(69)72-63-64(62-71-65(68)59-56-53-50-15-12-9-6-3)73-67(70)61-58-55-52-49-47-45-43-40-25-23-21-19-17-14-11-8-5-2/h7-8,10-11,16-19,22-25,27-28,30-31,43,45,64H,4-6,9,12-15,20-21,26,29,32-42,44,46-63H2,1-3H3/b10-7-,11-8-,18-16-,19-17-,24-22-,25-23-,28-27-,31-30-,45-43-. The van der Waals surface area contributed by atoms with E-state index in [1.54, 1.807) is 0 Å². The second-order valence-electron chi connectivity index (χ2n) is 19.9. The van der Waals surface area contributed by atoms with E-state index in [-0.39, 0.29) is 31.1 Å². The van der Waals surface area contributed by atoms with Crippen LogP contribution in [-0.2, 0) is 28.6 Å². The van der Waals surface area contributed by atoms with Gasteiger partial charge in [-0.15, -0.1) is 0 Å². The molecule has 0 aromatic carbocycles. The summed E-state index contributed by atoms with van der Waals surface area (Å²) in [6.45, 7) is 6.36. The molecule has 0 fully saturated rings. The number of hydrogen-bond donors (Lipinski definition) is 0. The molecule has 0 aromatic rings. The minimum absolute atomic E-state index is 0.0866. The first-order valence-corrected chi connectivity index (χ1v) is 30.4. The Hall–Kier alpha value is -3.93. The predicted molar refractivity (Wildman–Crippen MR) is 316 cm³/mol. The lowest BCUT2D eigenvalue weighted by atomic mass is 10.0. The Kier molecular flexibility index (Phi) is 57.4. The van der Waals surface area contributed by atoms with Gasteiger partial charge in [0.25, 0.3) is 0 Å². The molecule has 416 valence electrons. The van der Waals surface area contributed by atoms with Crippen LogP contribution in [0.25, 0.3) is 0 Å². The molecule has 0 heterocycles. The number of carbonyl (C=O) groups excluding carboxylic acids is 3. The molecular formula is C67H112O6. The van der Waals surface area contributed by atoms with Gasteiger partial charge in [-0.05, 0) is 103 Å². The summed E-state index contributed by atoms with van der Waals surface area (Å²) in [5, 5.41) is 0. The lowest BCUT2D eigenvalue weighted by Gasteiger charge is -2.18. The van der Waals surface area contributed by atoms with Crippen molar-refractivity contribution in [1.29, 1.82) is 0 Å². The molecule has 73 heavy (non-hydrogen) atoms. The van der Waals surface area contributed by atoms with Gasteiger partial charge in [0, 0.05) is 19.3 Å². The lowest BCUT2D eigenvalue weighted by Crippen LogP contribution is -2.30. The molecule has 0 aliphatic rings. The topological polar surface area (TPSA) is 78.9 Å². The molecule has 0 rings (SSSR count). The van der Waals surface area contributed by atoms with Crippen molar-refractivity contribution in [2.45, 2.75) is 284 Å². The number of ether oxygens (including phenoxy) is 3. The number of unbranched alkanes of at least 4 members (excludes halogenated alkanes) is 25. The Bertz CT molecular complexity index is 1490. The van der Waals surface area contributed by atoms with Gasteiger partial charge >= 0.3 is 17.9 Å². The van der Waals surface area contributed by atoms with Crippen LogP contribution < -0.4 is 0 Å². The van der Waals surface area contributed by atoms with Gasteiger partial charge in [0.15, 0.2) is 6.10 Å². The van der Waals surface area contributed by atoms with Gasteiger partial charge < -0.3 is 14.2 Å². The monoisotopic (exact) mass is 1010 g/mol. The largest absolute Gasteiger partial charge is 0.462 e. The number of rotatable bonds is 54. The van der Waals surface area contributed by atoms with E-state index >= 15 is 0 Å². The van der Waals surface area contributed by atoms with E-state index in [2.05, 4.69) is 130 Å². The fraction of sp³-hybridized carbons (Fsp3) is 0.687. The first-order chi connectivity index (χ1) is 36.0. The van der Waals surface area contributed by atoms with Crippen molar-refractivity contribution in [2.24, 2.45) is 0 Å². The summed E-state index contributed by atoms with van der Waals surface area (Å²) < 4.78 is 16.8. The Labute approximate surface area is 450 Å². The molecule has 0 saturated heterocycles. The number of esters is 3. The zero-order chi connectivity index (χ0) is 52.9. The molecule has 0 aromatic heterocycles. The van der Waals surface area contributed by atoms with Gasteiger partial charge in [0.1, 0.15) is 13.2 Å². The van der Waals surface area contributed by atoms with Crippen LogP contribution in [0.4, 0.5) is 0 Å². The van der Waals surface area contributed by atoms with E-state index < -0.39 is 6.10 Å². The van der Waals surface area contributed by atoms with Crippen molar-refractivity contribution in [3.63, 3.8) is 0 Å². The Balaban J connectivity index is 4.11. The van der Waals surface area contributed by atoms with Gasteiger partial charge in [0.05, 0.1) is 0 Å². The molecular weight excluding hydrogens is 901 g/mol. The van der Waals surface area contributed by atoms with E-state index in [1.807, 2.05) is 0 Å². The van der Waals surface area contributed by atoms with E-state index in [4.69, 9.17) is 14.2 Å². The highest BCUT2D eigenvalue weighted by molar-refractivity contribution is 5.71. The highest BCUT2D eigenvalue weighted by Gasteiger charge is 2.19. The van der Waals surface area contributed by atoms with Gasteiger partial charge in [0.2, 0.25) is 0 Å². The number of carbonyl (C=O) groups is 3. The molecule has 0 spiro atoms. The molecule has 1 unspecified atom stereocenters. The van der Waals surface area contributed by atoms with Crippen LogP contribution in [0.3, 0.4) is 0 Å². The van der Waals surface area contributed by atoms with Gasteiger partial charge in [-0.25, -0.2) is 0 Å². The molecule has 6 heteroatoms. The maximum Gasteiger partial charge on any atom is 0.306 e. The van der Waals surface area contributed by atoms with E-state index in [9.17, 15) is 14.4 Å². The SMILES string of the molecule is CC/C=C\C/C=C\C/C=C\C/C=C\C/C=C\CCCCCCCCCCCCCCCCCC(=O)OCC(COC(=O)CCCCCCCCC)OC(=O)CCCCCC/C=C\C/C=C\C/C=C\C/C=C\CC. The third-order valence-electron chi connectivity index (χ3n) is 12.8. The maximum atomic E-state index is 12.8. The summed E-state index contributed by atoms with van der Waals surface area (Å²) in [5.41, 5.74) is 0. The summed E-state index contributed by atoms with van der Waals surface area (Å²) in [4.78, 5) is 38.0. The van der Waals surface area contributed by atoms with E-state index in [1.165, 1.54) is 109 Å². The molecule has 0 bridgehead atoms. The fourth-order valence-electron chi connectivity index (χ4n) is 8.28. The van der Waals surface area contributed by atoms with E-state index in [0.717, 1.165) is 128 Å². The number of allylic oxidation sites excluding steroid dienone is 18. The smallest absolute Gasteiger partial charge is 0.306 e. The first-order valence-electron chi connectivity index (χ1n) is 30.4. The third-order valence-corrected chi connectivity index (χ3v) is 12.8. The van der Waals surface area contributed by atoms with Crippen molar-refractivity contribution in [3.05, 3.63) is 109 Å². The van der Waals surface area contributed by atoms with Crippen molar-refractivity contribution >= 4 is 17.9 Å². The quantitative estimate of drug-likeness (QED) is 0.0261. The van der Waals surface area contributed by atoms with Crippen molar-refractivity contribution in [1.82, 2.24) is 0 Å². The summed E-state index contributed by atoms with van der Waals surface area (Å²) in [6, 6.07) is 0. The average molecular weight is 1010 g/mol. The van der Waals surface area contributed by atoms with Gasteiger partial charge in [-0.1, -0.05) is 265 Å². The van der Waals surface area contributed by atoms with Crippen LogP contribution in [0.1, 0.15) is 278 Å². The van der Waals surface area contributed by atoms with Crippen LogP contribution in [-0.4, -0.2) is 37.2 Å². The predicted octanol–water partition coefficient (Wildman–Crippen LogP) is 20.7. The maximum absolute atomic E-state index is 12.8. The minimum Gasteiger partial charge on any atom is -0.462 e. The first kappa shape index (κ1) is 69.1. The molecule has 0 saturated carbocycles. The molecule has 0 aliphatic heterocycles. The van der Waals surface area contributed by atoms with E-state index in [0.29, 0.717) is 19.3 Å². The van der Waals surface area contributed by atoms with Crippen LogP contribution in [0.2, 0.25) is 0 Å². The third kappa shape index (κ3) is 58.8. The second kappa shape index (κ2) is 60.6. The van der Waals surface area contributed by atoms with Crippen LogP contribution in [0.15, 0.2) is 109 Å². The highest BCUT2D eigenvalue weighted by atomic mass is 16.6. The average Bonchev–Trinajstić information content (AvgIpc) is 3.39.